The summed E-state index contributed by atoms with van der Waals surface area (Å²) in [5.74, 6) is 1.49. The Bertz CT molecular complexity index is 1060. The van der Waals surface area contributed by atoms with E-state index in [4.69, 9.17) is 0 Å². The standard InChI is InChI=1S/C19H22N6O2S/c1-2-20-17-8-9-18(23-22-17)24-11-13-25(14-12-24)28(26,27)16-7-3-5-15-6-4-10-21-19(15)16/h3-10H,2,11-14H2,1H3,(H,20,22). The Hall–Kier alpha value is -2.78. The Morgan fingerprint density at radius 2 is 1.79 bits per heavy atom. The second-order valence-corrected chi connectivity index (χ2v) is 8.44. The summed E-state index contributed by atoms with van der Waals surface area (Å²) in [7, 11) is -3.61. The van der Waals surface area contributed by atoms with E-state index in [0.717, 1.165) is 23.6 Å². The highest BCUT2D eigenvalue weighted by Crippen LogP contribution is 2.25. The number of aromatic nitrogens is 3. The predicted molar refractivity (Wildman–Crippen MR) is 109 cm³/mol. The molecule has 9 heteroatoms. The maximum absolute atomic E-state index is 13.2. The number of nitrogens with one attached hydrogen (secondary N) is 1. The van der Waals surface area contributed by atoms with Gasteiger partial charge in [-0.3, -0.25) is 4.98 Å². The molecule has 1 aliphatic heterocycles. The fourth-order valence-electron chi connectivity index (χ4n) is 3.35. The van der Waals surface area contributed by atoms with Gasteiger partial charge in [-0.1, -0.05) is 18.2 Å². The number of pyridine rings is 1. The molecule has 1 aromatic carbocycles. The number of fused-ring (bicyclic) bond motifs is 1. The summed E-state index contributed by atoms with van der Waals surface area (Å²) in [6.07, 6.45) is 1.62. The van der Waals surface area contributed by atoms with Crippen molar-refractivity contribution >= 4 is 32.6 Å². The van der Waals surface area contributed by atoms with Crippen molar-refractivity contribution in [2.75, 3.05) is 42.9 Å². The van der Waals surface area contributed by atoms with Gasteiger partial charge in [0, 0.05) is 44.3 Å². The first-order valence-electron chi connectivity index (χ1n) is 9.26. The Morgan fingerprint density at radius 1 is 1.00 bits per heavy atom. The van der Waals surface area contributed by atoms with Gasteiger partial charge in [0.05, 0.1) is 5.52 Å². The van der Waals surface area contributed by atoms with Crippen molar-refractivity contribution in [2.24, 2.45) is 0 Å². The molecule has 1 aliphatic rings. The molecule has 0 aliphatic carbocycles. The lowest BCUT2D eigenvalue weighted by Gasteiger charge is -2.34. The van der Waals surface area contributed by atoms with E-state index in [2.05, 4.69) is 25.4 Å². The van der Waals surface area contributed by atoms with E-state index >= 15 is 0 Å². The van der Waals surface area contributed by atoms with E-state index in [0.29, 0.717) is 31.7 Å². The summed E-state index contributed by atoms with van der Waals surface area (Å²) >= 11 is 0. The van der Waals surface area contributed by atoms with Gasteiger partial charge >= 0.3 is 0 Å². The first-order valence-corrected chi connectivity index (χ1v) is 10.7. The zero-order chi connectivity index (χ0) is 19.6. The van der Waals surface area contributed by atoms with Crippen LogP contribution >= 0.6 is 0 Å². The van der Waals surface area contributed by atoms with Gasteiger partial charge in [-0.25, -0.2) is 8.42 Å². The minimum atomic E-state index is -3.61. The van der Waals surface area contributed by atoms with Crippen LogP contribution in [0.2, 0.25) is 0 Å². The smallest absolute Gasteiger partial charge is 0.245 e. The van der Waals surface area contributed by atoms with Gasteiger partial charge in [0.1, 0.15) is 10.7 Å². The molecule has 0 saturated carbocycles. The molecular weight excluding hydrogens is 376 g/mol. The minimum Gasteiger partial charge on any atom is -0.369 e. The molecule has 3 aromatic rings. The molecule has 1 saturated heterocycles. The van der Waals surface area contributed by atoms with Crippen molar-refractivity contribution in [3.8, 4) is 0 Å². The summed E-state index contributed by atoms with van der Waals surface area (Å²) in [6, 6.07) is 12.7. The molecule has 0 atom stereocenters. The normalized spacial score (nSPS) is 15.7. The maximum Gasteiger partial charge on any atom is 0.245 e. The Balaban J connectivity index is 1.51. The van der Waals surface area contributed by atoms with Crippen molar-refractivity contribution in [3.63, 3.8) is 0 Å². The van der Waals surface area contributed by atoms with Crippen molar-refractivity contribution in [2.45, 2.75) is 11.8 Å². The average molecular weight is 398 g/mol. The number of rotatable bonds is 5. The van der Waals surface area contributed by atoms with Crippen LogP contribution in [-0.2, 0) is 10.0 Å². The van der Waals surface area contributed by atoms with E-state index in [1.54, 1.807) is 24.4 Å². The van der Waals surface area contributed by atoms with Gasteiger partial charge in [0.15, 0.2) is 5.82 Å². The van der Waals surface area contributed by atoms with Crippen LogP contribution < -0.4 is 10.2 Å². The third kappa shape index (κ3) is 3.50. The quantitative estimate of drug-likeness (QED) is 0.702. The third-order valence-corrected chi connectivity index (χ3v) is 6.71. The molecule has 1 N–H and O–H groups in total. The lowest BCUT2D eigenvalue weighted by Crippen LogP contribution is -2.49. The van der Waals surface area contributed by atoms with E-state index in [-0.39, 0.29) is 4.90 Å². The average Bonchev–Trinajstić information content (AvgIpc) is 2.74. The van der Waals surface area contributed by atoms with Crippen LogP contribution in [0, 0.1) is 0 Å². The van der Waals surface area contributed by atoms with Crippen LogP contribution in [0.15, 0.2) is 53.6 Å². The molecule has 0 bridgehead atoms. The Labute approximate surface area is 164 Å². The molecule has 0 amide bonds. The Morgan fingerprint density at radius 3 is 2.50 bits per heavy atom. The first kappa shape index (κ1) is 18.6. The molecule has 3 heterocycles. The lowest BCUT2D eigenvalue weighted by atomic mass is 10.2. The fourth-order valence-corrected chi connectivity index (χ4v) is 4.94. The number of hydrogen-bond donors (Lipinski definition) is 1. The number of nitrogens with zero attached hydrogens (tertiary/aromatic N) is 5. The zero-order valence-electron chi connectivity index (χ0n) is 15.6. The largest absolute Gasteiger partial charge is 0.369 e. The summed E-state index contributed by atoms with van der Waals surface area (Å²) in [6.45, 7) is 4.69. The van der Waals surface area contributed by atoms with Crippen molar-refractivity contribution in [1.82, 2.24) is 19.5 Å². The second-order valence-electron chi connectivity index (χ2n) is 6.53. The molecule has 0 spiro atoms. The highest BCUT2D eigenvalue weighted by atomic mass is 32.2. The van der Waals surface area contributed by atoms with E-state index in [1.165, 1.54) is 4.31 Å². The predicted octanol–water partition coefficient (Wildman–Crippen LogP) is 1.97. The minimum absolute atomic E-state index is 0.258. The van der Waals surface area contributed by atoms with E-state index in [1.807, 2.05) is 31.2 Å². The van der Waals surface area contributed by atoms with Crippen molar-refractivity contribution in [3.05, 3.63) is 48.7 Å². The lowest BCUT2D eigenvalue weighted by molar-refractivity contribution is 0.384. The van der Waals surface area contributed by atoms with Gasteiger partial charge in [0.2, 0.25) is 10.0 Å². The molecular formula is C19H22N6O2S. The highest BCUT2D eigenvalue weighted by Gasteiger charge is 2.30. The maximum atomic E-state index is 13.2. The fraction of sp³-hybridized carbons (Fsp3) is 0.316. The van der Waals surface area contributed by atoms with E-state index < -0.39 is 10.0 Å². The molecule has 146 valence electrons. The van der Waals surface area contributed by atoms with Gasteiger partial charge in [-0.2, -0.15) is 4.31 Å². The van der Waals surface area contributed by atoms with Crippen LogP contribution in [0.3, 0.4) is 0 Å². The zero-order valence-corrected chi connectivity index (χ0v) is 16.4. The monoisotopic (exact) mass is 398 g/mol. The number of anilines is 2. The third-order valence-electron chi connectivity index (χ3n) is 4.78. The molecule has 2 aromatic heterocycles. The summed E-state index contributed by atoms with van der Waals surface area (Å²) in [5.41, 5.74) is 0.511. The van der Waals surface area contributed by atoms with Crippen LogP contribution in [0.4, 0.5) is 11.6 Å². The molecule has 4 rings (SSSR count). The SMILES string of the molecule is CCNc1ccc(N2CCN(S(=O)(=O)c3cccc4cccnc34)CC2)nn1. The molecule has 0 unspecified atom stereocenters. The first-order chi connectivity index (χ1) is 13.6. The number of hydrogen-bond acceptors (Lipinski definition) is 7. The summed E-state index contributed by atoms with van der Waals surface area (Å²) in [5, 5.41) is 12.3. The van der Waals surface area contributed by atoms with Crippen LogP contribution in [0.25, 0.3) is 10.9 Å². The van der Waals surface area contributed by atoms with Crippen LogP contribution in [-0.4, -0.2) is 60.6 Å². The van der Waals surface area contributed by atoms with Gasteiger partial charge in [0.25, 0.3) is 0 Å². The number of benzene rings is 1. The van der Waals surface area contributed by atoms with Crippen LogP contribution in [0.1, 0.15) is 6.92 Å². The molecule has 28 heavy (non-hydrogen) atoms. The summed E-state index contributed by atoms with van der Waals surface area (Å²) < 4.78 is 27.9. The molecule has 0 radical (unpaired) electrons. The topological polar surface area (TPSA) is 91.3 Å². The van der Waals surface area contributed by atoms with Crippen molar-refractivity contribution in [1.29, 1.82) is 0 Å². The van der Waals surface area contributed by atoms with Crippen LogP contribution in [0.5, 0.6) is 0 Å². The summed E-state index contributed by atoms with van der Waals surface area (Å²) in [4.78, 5) is 6.60. The second kappa shape index (κ2) is 7.69. The van der Waals surface area contributed by atoms with Crippen molar-refractivity contribution < 1.29 is 8.42 Å². The highest BCUT2D eigenvalue weighted by molar-refractivity contribution is 7.89. The number of piperazine rings is 1. The number of sulfonamides is 1. The molecule has 8 nitrogen and oxygen atoms in total. The van der Waals surface area contributed by atoms with E-state index in [9.17, 15) is 8.42 Å². The van der Waals surface area contributed by atoms with Gasteiger partial charge in [-0.05, 0) is 31.2 Å². The van der Waals surface area contributed by atoms with Gasteiger partial charge < -0.3 is 10.2 Å². The van der Waals surface area contributed by atoms with Gasteiger partial charge in [-0.15, -0.1) is 10.2 Å². The number of para-hydroxylation sites is 1. The Kier molecular flexibility index (Phi) is 5.10. The molecule has 1 fully saturated rings.